The lowest BCUT2D eigenvalue weighted by Gasteiger charge is -2.14. The van der Waals surface area contributed by atoms with Gasteiger partial charge in [0.25, 0.3) is 11.1 Å². The number of aryl methyl sites for hydroxylation is 2. The third-order valence-electron chi connectivity index (χ3n) is 6.35. The zero-order chi connectivity index (χ0) is 27.5. The van der Waals surface area contributed by atoms with Gasteiger partial charge in [0.05, 0.1) is 4.91 Å². The van der Waals surface area contributed by atoms with E-state index in [-0.39, 0.29) is 11.4 Å². The van der Waals surface area contributed by atoms with Gasteiger partial charge in [0, 0.05) is 16.3 Å². The number of nitrogens with zero attached hydrogens (tertiary/aromatic N) is 1. The standard InChI is InChI=1S/C31H25ClN2O4S/c1-19-7-13-26(20(2)15-19)33-29(35)17-34-30(36)28(39-31(34)37)16-25-24-6-4-3-5-22(24)10-14-27(25)38-18-21-8-11-23(32)12-9-21/h3-16H,17-18H2,1-2H3,(H,33,35)/b28-16+. The third kappa shape index (κ3) is 6.00. The Labute approximate surface area is 235 Å². The molecule has 0 aliphatic carbocycles. The van der Waals surface area contributed by atoms with Gasteiger partial charge in [-0.05, 0) is 77.9 Å². The van der Waals surface area contributed by atoms with Gasteiger partial charge < -0.3 is 10.1 Å². The van der Waals surface area contributed by atoms with Gasteiger partial charge >= 0.3 is 0 Å². The van der Waals surface area contributed by atoms with E-state index >= 15 is 0 Å². The molecular formula is C31H25ClN2O4S. The van der Waals surface area contributed by atoms with Gasteiger partial charge in [-0.3, -0.25) is 19.3 Å². The molecule has 6 nitrogen and oxygen atoms in total. The molecule has 0 unspecified atom stereocenters. The van der Waals surface area contributed by atoms with Gasteiger partial charge in [0.15, 0.2) is 0 Å². The lowest BCUT2D eigenvalue weighted by atomic mass is 10.0. The van der Waals surface area contributed by atoms with Crippen molar-refractivity contribution >= 4 is 63.0 Å². The molecule has 1 aliphatic heterocycles. The Hall–Kier alpha value is -4.07. The maximum Gasteiger partial charge on any atom is 0.294 e. The molecule has 0 atom stereocenters. The fourth-order valence-corrected chi connectivity index (χ4v) is 5.29. The third-order valence-corrected chi connectivity index (χ3v) is 7.50. The molecular weight excluding hydrogens is 532 g/mol. The number of benzene rings is 4. The van der Waals surface area contributed by atoms with Crippen LogP contribution in [0.15, 0.2) is 83.8 Å². The Morgan fingerprint density at radius 3 is 2.54 bits per heavy atom. The number of hydrogen-bond donors (Lipinski definition) is 1. The summed E-state index contributed by atoms with van der Waals surface area (Å²) in [5.41, 5.74) is 4.25. The first-order chi connectivity index (χ1) is 18.8. The number of nitrogens with one attached hydrogen (secondary N) is 1. The Bertz CT molecular complexity index is 1630. The molecule has 0 spiro atoms. The van der Waals surface area contributed by atoms with Crippen LogP contribution in [-0.2, 0) is 16.2 Å². The predicted octanol–water partition coefficient (Wildman–Crippen LogP) is 7.36. The molecule has 0 saturated carbocycles. The minimum Gasteiger partial charge on any atom is -0.488 e. The highest BCUT2D eigenvalue weighted by atomic mass is 35.5. The monoisotopic (exact) mass is 556 g/mol. The molecule has 39 heavy (non-hydrogen) atoms. The van der Waals surface area contributed by atoms with E-state index in [4.69, 9.17) is 16.3 Å². The van der Waals surface area contributed by atoms with E-state index < -0.39 is 17.1 Å². The summed E-state index contributed by atoms with van der Waals surface area (Å²) in [7, 11) is 0. The highest BCUT2D eigenvalue weighted by Gasteiger charge is 2.36. The molecule has 4 aromatic rings. The van der Waals surface area contributed by atoms with Crippen molar-refractivity contribution in [3.63, 3.8) is 0 Å². The highest BCUT2D eigenvalue weighted by Crippen LogP contribution is 2.37. The van der Waals surface area contributed by atoms with Crippen LogP contribution in [0.5, 0.6) is 5.75 Å². The number of rotatable bonds is 7. The molecule has 3 amide bonds. The number of amides is 3. The van der Waals surface area contributed by atoms with E-state index in [1.54, 1.807) is 18.2 Å². The first kappa shape index (κ1) is 26.5. The maximum atomic E-state index is 13.3. The van der Waals surface area contributed by atoms with Crippen LogP contribution in [0.25, 0.3) is 16.8 Å². The summed E-state index contributed by atoms with van der Waals surface area (Å²) in [4.78, 5) is 40.0. The van der Waals surface area contributed by atoms with Crippen molar-refractivity contribution in [2.45, 2.75) is 20.5 Å². The molecule has 8 heteroatoms. The van der Waals surface area contributed by atoms with Gasteiger partial charge in [0.2, 0.25) is 5.91 Å². The number of anilines is 1. The van der Waals surface area contributed by atoms with Crippen LogP contribution < -0.4 is 10.1 Å². The second-order valence-corrected chi connectivity index (χ2v) is 10.7. The number of thioether (sulfide) groups is 1. The number of imide groups is 1. The summed E-state index contributed by atoms with van der Waals surface area (Å²) < 4.78 is 6.15. The summed E-state index contributed by atoms with van der Waals surface area (Å²) in [6.07, 6.45) is 1.67. The van der Waals surface area contributed by atoms with E-state index in [9.17, 15) is 14.4 Å². The first-order valence-corrected chi connectivity index (χ1v) is 13.5. The summed E-state index contributed by atoms with van der Waals surface area (Å²) >= 11 is 6.81. The number of hydrogen-bond acceptors (Lipinski definition) is 5. The lowest BCUT2D eigenvalue weighted by Crippen LogP contribution is -2.36. The minimum atomic E-state index is -0.516. The van der Waals surface area contributed by atoms with Crippen molar-refractivity contribution < 1.29 is 19.1 Å². The molecule has 0 radical (unpaired) electrons. The molecule has 0 bridgehead atoms. The summed E-state index contributed by atoms with van der Waals surface area (Å²) in [6.45, 7) is 3.79. The molecule has 5 rings (SSSR count). The molecule has 1 N–H and O–H groups in total. The molecule has 196 valence electrons. The zero-order valence-corrected chi connectivity index (χ0v) is 22.9. The predicted molar refractivity (Wildman–Crippen MR) is 157 cm³/mol. The largest absolute Gasteiger partial charge is 0.488 e. The molecule has 1 aliphatic rings. The Morgan fingerprint density at radius 1 is 1.00 bits per heavy atom. The SMILES string of the molecule is Cc1ccc(NC(=O)CN2C(=O)S/C(=C/c3c(OCc4ccc(Cl)cc4)ccc4ccccc34)C2=O)c(C)c1. The average Bonchev–Trinajstić information content (AvgIpc) is 3.18. The lowest BCUT2D eigenvalue weighted by molar-refractivity contribution is -0.127. The van der Waals surface area contributed by atoms with E-state index in [0.717, 1.165) is 44.1 Å². The Balaban J connectivity index is 1.39. The summed E-state index contributed by atoms with van der Waals surface area (Å²) in [6, 6.07) is 24.6. The van der Waals surface area contributed by atoms with E-state index in [0.29, 0.717) is 28.6 Å². The molecule has 1 saturated heterocycles. The van der Waals surface area contributed by atoms with Crippen molar-refractivity contribution in [3.8, 4) is 5.75 Å². The maximum absolute atomic E-state index is 13.3. The van der Waals surface area contributed by atoms with Crippen molar-refractivity contribution in [3.05, 3.63) is 111 Å². The van der Waals surface area contributed by atoms with Crippen molar-refractivity contribution in [2.24, 2.45) is 0 Å². The van der Waals surface area contributed by atoms with Crippen LogP contribution >= 0.6 is 23.4 Å². The fourth-order valence-electron chi connectivity index (χ4n) is 4.35. The van der Waals surface area contributed by atoms with Crippen LogP contribution in [0, 0.1) is 13.8 Å². The van der Waals surface area contributed by atoms with Crippen LogP contribution in [-0.4, -0.2) is 28.5 Å². The van der Waals surface area contributed by atoms with Crippen LogP contribution in [0.1, 0.15) is 22.3 Å². The first-order valence-electron chi connectivity index (χ1n) is 12.3. The topological polar surface area (TPSA) is 75.7 Å². The van der Waals surface area contributed by atoms with Gasteiger partial charge in [-0.25, -0.2) is 0 Å². The van der Waals surface area contributed by atoms with Crippen LogP contribution in [0.2, 0.25) is 5.02 Å². The van der Waals surface area contributed by atoms with E-state index in [2.05, 4.69) is 5.32 Å². The van der Waals surface area contributed by atoms with Gasteiger partial charge in [0.1, 0.15) is 18.9 Å². The zero-order valence-electron chi connectivity index (χ0n) is 21.4. The number of fused-ring (bicyclic) bond motifs is 1. The Kier molecular flexibility index (Phi) is 7.72. The van der Waals surface area contributed by atoms with Gasteiger partial charge in [-0.1, -0.05) is 71.8 Å². The van der Waals surface area contributed by atoms with Gasteiger partial charge in [-0.2, -0.15) is 0 Å². The highest BCUT2D eigenvalue weighted by molar-refractivity contribution is 8.18. The second kappa shape index (κ2) is 11.4. The average molecular weight is 557 g/mol. The van der Waals surface area contributed by atoms with Gasteiger partial charge in [-0.15, -0.1) is 0 Å². The Morgan fingerprint density at radius 2 is 1.77 bits per heavy atom. The molecule has 1 heterocycles. The molecule has 4 aromatic carbocycles. The van der Waals surface area contributed by atoms with Crippen molar-refractivity contribution in [1.82, 2.24) is 4.90 Å². The number of carbonyl (C=O) groups excluding carboxylic acids is 3. The summed E-state index contributed by atoms with van der Waals surface area (Å²) in [5, 5.41) is 4.79. The quantitative estimate of drug-likeness (QED) is 0.241. The number of carbonyl (C=O) groups is 3. The van der Waals surface area contributed by atoms with Crippen LogP contribution in [0.3, 0.4) is 0 Å². The van der Waals surface area contributed by atoms with Crippen molar-refractivity contribution in [1.29, 1.82) is 0 Å². The summed E-state index contributed by atoms with van der Waals surface area (Å²) in [5.74, 6) is -0.386. The molecule has 1 fully saturated rings. The number of ether oxygens (including phenoxy) is 1. The van der Waals surface area contributed by atoms with Crippen LogP contribution in [0.4, 0.5) is 10.5 Å². The van der Waals surface area contributed by atoms with E-state index in [1.165, 1.54) is 0 Å². The normalized spacial score (nSPS) is 14.3. The smallest absolute Gasteiger partial charge is 0.294 e. The fraction of sp³-hybridized carbons (Fsp3) is 0.129. The molecule has 0 aromatic heterocycles. The minimum absolute atomic E-state index is 0.229. The van der Waals surface area contributed by atoms with E-state index in [1.807, 2.05) is 80.6 Å². The second-order valence-electron chi connectivity index (χ2n) is 9.25. The van der Waals surface area contributed by atoms with Crippen molar-refractivity contribution in [2.75, 3.05) is 11.9 Å². The number of halogens is 1.